The fourth-order valence-electron chi connectivity index (χ4n) is 3.40. The van der Waals surface area contributed by atoms with Crippen LogP contribution in [0.4, 0.5) is 5.69 Å². The Labute approximate surface area is 133 Å². The van der Waals surface area contributed by atoms with E-state index in [-0.39, 0.29) is 5.84 Å². The van der Waals surface area contributed by atoms with Gasteiger partial charge in [-0.05, 0) is 59.9 Å². The second-order valence-corrected chi connectivity index (χ2v) is 6.64. The molecule has 0 aromatic heterocycles. The van der Waals surface area contributed by atoms with Crippen LogP contribution >= 0.6 is 15.9 Å². The lowest BCUT2D eigenvalue weighted by Gasteiger charge is -2.27. The molecule has 0 saturated carbocycles. The summed E-state index contributed by atoms with van der Waals surface area (Å²) in [6.45, 7) is 4.65. The average Bonchev–Trinajstić information content (AvgIpc) is 2.83. The number of rotatable bonds is 2. The van der Waals surface area contributed by atoms with Crippen LogP contribution in [-0.2, 0) is 0 Å². The Kier molecular flexibility index (Phi) is 4.35. The molecule has 0 bridgehead atoms. The summed E-state index contributed by atoms with van der Waals surface area (Å²) in [5.74, 6) is 0.131. The minimum Gasteiger partial charge on any atom is -0.409 e. The molecule has 0 aliphatic carbocycles. The number of oxime groups is 1. The summed E-state index contributed by atoms with van der Waals surface area (Å²) >= 11 is 3.52. The summed E-state index contributed by atoms with van der Waals surface area (Å²) in [6, 6.07) is 6.72. The van der Waals surface area contributed by atoms with E-state index in [4.69, 9.17) is 10.9 Å². The predicted octanol–water partition coefficient (Wildman–Crippen LogP) is 2.22. The fourth-order valence-corrected chi connectivity index (χ4v) is 3.97. The lowest BCUT2D eigenvalue weighted by atomic mass is 10.1. The molecule has 2 aliphatic heterocycles. The Hall–Kier alpha value is -1.27. The van der Waals surface area contributed by atoms with E-state index in [0.29, 0.717) is 6.04 Å². The molecule has 2 heterocycles. The van der Waals surface area contributed by atoms with Crippen molar-refractivity contribution in [1.29, 1.82) is 0 Å². The third-order valence-corrected chi connectivity index (χ3v) is 5.16. The first-order valence-electron chi connectivity index (χ1n) is 7.45. The second-order valence-electron chi connectivity index (χ2n) is 5.78. The van der Waals surface area contributed by atoms with Crippen LogP contribution in [-0.4, -0.2) is 48.2 Å². The van der Waals surface area contributed by atoms with Gasteiger partial charge < -0.3 is 15.8 Å². The molecular weight excluding hydrogens is 332 g/mol. The molecule has 3 N–H and O–H groups in total. The Balaban J connectivity index is 1.81. The lowest BCUT2D eigenvalue weighted by Crippen LogP contribution is -2.36. The van der Waals surface area contributed by atoms with E-state index in [9.17, 15) is 0 Å². The van der Waals surface area contributed by atoms with Crippen molar-refractivity contribution >= 4 is 27.5 Å². The zero-order valence-electron chi connectivity index (χ0n) is 12.0. The molecule has 6 heteroatoms. The Morgan fingerprint density at radius 2 is 2.10 bits per heavy atom. The molecule has 5 nitrogen and oxygen atoms in total. The first-order valence-corrected chi connectivity index (χ1v) is 8.25. The molecule has 1 unspecified atom stereocenters. The SMILES string of the molecule is N/C(=N/O)c1ccc(N2CCCN3CCCC3C2)cc1Br. The maximum absolute atomic E-state index is 8.80. The molecule has 3 rings (SSSR count). The molecule has 21 heavy (non-hydrogen) atoms. The number of nitrogens with two attached hydrogens (primary N) is 1. The number of anilines is 1. The van der Waals surface area contributed by atoms with Gasteiger partial charge in [0, 0.05) is 41.4 Å². The van der Waals surface area contributed by atoms with Crippen LogP contribution in [0.15, 0.2) is 27.8 Å². The summed E-state index contributed by atoms with van der Waals surface area (Å²) in [5, 5.41) is 11.9. The average molecular weight is 353 g/mol. The Bertz CT molecular complexity index is 548. The van der Waals surface area contributed by atoms with Gasteiger partial charge in [-0.15, -0.1) is 0 Å². The van der Waals surface area contributed by atoms with Crippen LogP contribution in [0.5, 0.6) is 0 Å². The number of benzene rings is 1. The van der Waals surface area contributed by atoms with E-state index in [1.165, 1.54) is 38.0 Å². The quantitative estimate of drug-likeness (QED) is 0.370. The maximum atomic E-state index is 8.80. The van der Waals surface area contributed by atoms with Gasteiger partial charge in [-0.2, -0.15) is 0 Å². The van der Waals surface area contributed by atoms with Gasteiger partial charge in [0.2, 0.25) is 0 Å². The standard InChI is InChI=1S/C15H21BrN4O/c16-14-9-11(4-5-13(14)15(17)18-21)20-8-2-7-19-6-1-3-12(19)10-20/h4-5,9,12,21H,1-3,6-8,10H2,(H2,17,18). The van der Waals surface area contributed by atoms with Gasteiger partial charge in [0.25, 0.3) is 0 Å². The van der Waals surface area contributed by atoms with Crippen LogP contribution in [0.3, 0.4) is 0 Å². The minimum atomic E-state index is 0.131. The second kappa shape index (κ2) is 6.23. The summed E-state index contributed by atoms with van der Waals surface area (Å²) in [5.41, 5.74) is 7.59. The molecule has 2 fully saturated rings. The van der Waals surface area contributed by atoms with E-state index in [2.05, 4.69) is 43.0 Å². The van der Waals surface area contributed by atoms with Crippen molar-refractivity contribution in [2.75, 3.05) is 31.1 Å². The molecule has 1 atom stereocenters. The van der Waals surface area contributed by atoms with Crippen molar-refractivity contribution in [3.8, 4) is 0 Å². The summed E-state index contributed by atoms with van der Waals surface area (Å²) in [6.07, 6.45) is 3.83. The lowest BCUT2D eigenvalue weighted by molar-refractivity contribution is 0.273. The number of hydrogen-bond donors (Lipinski definition) is 2. The van der Waals surface area contributed by atoms with Gasteiger partial charge >= 0.3 is 0 Å². The number of halogens is 1. The van der Waals surface area contributed by atoms with E-state index < -0.39 is 0 Å². The summed E-state index contributed by atoms with van der Waals surface area (Å²) in [7, 11) is 0. The van der Waals surface area contributed by atoms with Crippen LogP contribution < -0.4 is 10.6 Å². The van der Waals surface area contributed by atoms with E-state index >= 15 is 0 Å². The largest absolute Gasteiger partial charge is 0.409 e. The maximum Gasteiger partial charge on any atom is 0.171 e. The Morgan fingerprint density at radius 1 is 1.29 bits per heavy atom. The van der Waals surface area contributed by atoms with Gasteiger partial charge in [-0.1, -0.05) is 5.16 Å². The number of amidine groups is 1. The van der Waals surface area contributed by atoms with Crippen LogP contribution in [0.25, 0.3) is 0 Å². The minimum absolute atomic E-state index is 0.131. The number of nitrogens with zero attached hydrogens (tertiary/aromatic N) is 3. The Morgan fingerprint density at radius 3 is 2.86 bits per heavy atom. The monoisotopic (exact) mass is 352 g/mol. The highest BCUT2D eigenvalue weighted by Gasteiger charge is 2.28. The van der Waals surface area contributed by atoms with Gasteiger partial charge in [0.15, 0.2) is 5.84 Å². The molecule has 2 saturated heterocycles. The highest BCUT2D eigenvalue weighted by atomic mass is 79.9. The highest BCUT2D eigenvalue weighted by Crippen LogP contribution is 2.28. The molecule has 0 spiro atoms. The molecule has 2 aliphatic rings. The third-order valence-electron chi connectivity index (χ3n) is 4.51. The van der Waals surface area contributed by atoms with Gasteiger partial charge in [-0.25, -0.2) is 0 Å². The molecule has 114 valence electrons. The molecule has 1 aromatic carbocycles. The molecule has 1 aromatic rings. The zero-order chi connectivity index (χ0) is 14.8. The third kappa shape index (κ3) is 3.01. The van der Waals surface area contributed by atoms with Crippen LogP contribution in [0, 0.1) is 0 Å². The summed E-state index contributed by atoms with van der Waals surface area (Å²) < 4.78 is 0.864. The van der Waals surface area contributed by atoms with Crippen molar-refractivity contribution in [2.45, 2.75) is 25.3 Å². The van der Waals surface area contributed by atoms with E-state index in [1.54, 1.807) is 0 Å². The number of fused-ring (bicyclic) bond motifs is 1. The predicted molar refractivity (Wildman–Crippen MR) is 88.1 cm³/mol. The molecular formula is C15H21BrN4O. The topological polar surface area (TPSA) is 65.1 Å². The zero-order valence-corrected chi connectivity index (χ0v) is 13.6. The number of hydrogen-bond acceptors (Lipinski definition) is 4. The molecule has 0 radical (unpaired) electrons. The first kappa shape index (κ1) is 14.7. The van der Waals surface area contributed by atoms with Crippen LogP contribution in [0.2, 0.25) is 0 Å². The fraction of sp³-hybridized carbons (Fsp3) is 0.533. The van der Waals surface area contributed by atoms with Crippen molar-refractivity contribution in [3.63, 3.8) is 0 Å². The van der Waals surface area contributed by atoms with Gasteiger partial charge in [-0.3, -0.25) is 4.90 Å². The van der Waals surface area contributed by atoms with Gasteiger partial charge in [0.1, 0.15) is 0 Å². The normalized spacial score (nSPS) is 24.0. The smallest absolute Gasteiger partial charge is 0.171 e. The van der Waals surface area contributed by atoms with E-state index in [1.807, 2.05) is 6.07 Å². The van der Waals surface area contributed by atoms with E-state index in [0.717, 1.165) is 23.1 Å². The van der Waals surface area contributed by atoms with Crippen molar-refractivity contribution in [2.24, 2.45) is 10.9 Å². The van der Waals surface area contributed by atoms with Crippen molar-refractivity contribution in [1.82, 2.24) is 4.90 Å². The summed E-state index contributed by atoms with van der Waals surface area (Å²) in [4.78, 5) is 5.08. The molecule has 0 amide bonds. The van der Waals surface area contributed by atoms with Crippen LogP contribution in [0.1, 0.15) is 24.8 Å². The van der Waals surface area contributed by atoms with Crippen molar-refractivity contribution < 1.29 is 5.21 Å². The van der Waals surface area contributed by atoms with Gasteiger partial charge in [0.05, 0.1) is 0 Å². The highest BCUT2D eigenvalue weighted by molar-refractivity contribution is 9.10. The first-order chi connectivity index (χ1) is 10.2. The van der Waals surface area contributed by atoms with Crippen molar-refractivity contribution in [3.05, 3.63) is 28.2 Å².